The number of esters is 1. The minimum Gasteiger partial charge on any atom is -0.465 e. The Kier molecular flexibility index (Phi) is 5.66. The van der Waals surface area contributed by atoms with Crippen LogP contribution in [0.3, 0.4) is 0 Å². The van der Waals surface area contributed by atoms with E-state index in [9.17, 15) is 4.79 Å². The van der Waals surface area contributed by atoms with Gasteiger partial charge in [-0.1, -0.05) is 6.92 Å². The fraction of sp³-hybridized carbons (Fsp3) is 0.889. The summed E-state index contributed by atoms with van der Waals surface area (Å²) in [6, 6.07) is 0. The Bertz CT molecular complexity index is 155. The van der Waals surface area contributed by atoms with Crippen LogP contribution in [0.5, 0.6) is 0 Å². The molecule has 13 heavy (non-hydrogen) atoms. The fourth-order valence-corrected chi connectivity index (χ4v) is 0.790. The lowest BCUT2D eigenvalue weighted by Crippen LogP contribution is -2.47. The summed E-state index contributed by atoms with van der Waals surface area (Å²) >= 11 is 0. The second-order valence-corrected chi connectivity index (χ2v) is 3.23. The van der Waals surface area contributed by atoms with E-state index >= 15 is 0 Å². The number of rotatable bonds is 6. The average Bonchev–Trinajstić information content (AvgIpc) is 2.15. The van der Waals surface area contributed by atoms with Crippen molar-refractivity contribution >= 4 is 5.97 Å². The zero-order chi connectivity index (χ0) is 10.3. The van der Waals surface area contributed by atoms with Crippen LogP contribution >= 0.6 is 0 Å². The van der Waals surface area contributed by atoms with Crippen LogP contribution in [0.1, 0.15) is 27.2 Å². The molecule has 0 aliphatic heterocycles. The number of carbonyl (C=O) groups is 1. The van der Waals surface area contributed by atoms with Gasteiger partial charge in [-0.15, -0.1) is 0 Å². The number of aliphatic hydroxyl groups excluding tert-OH is 1. The van der Waals surface area contributed by atoms with E-state index in [2.05, 4.69) is 5.32 Å². The lowest BCUT2D eigenvalue weighted by atomic mass is 10.0. The van der Waals surface area contributed by atoms with E-state index in [0.717, 1.165) is 6.42 Å². The molecule has 78 valence electrons. The highest BCUT2D eigenvalue weighted by molar-refractivity contribution is 5.71. The molecule has 4 heteroatoms. The average molecular weight is 189 g/mol. The minimum atomic E-state index is -0.382. The summed E-state index contributed by atoms with van der Waals surface area (Å²) in [5.74, 6) is -0.282. The number of hydrogen-bond donors (Lipinski definition) is 2. The van der Waals surface area contributed by atoms with Crippen molar-refractivity contribution < 1.29 is 14.6 Å². The highest BCUT2D eigenvalue weighted by atomic mass is 16.5. The number of carbonyl (C=O) groups excluding carboxylic acids is 1. The predicted molar refractivity (Wildman–Crippen MR) is 50.4 cm³/mol. The van der Waals surface area contributed by atoms with Crippen LogP contribution in [0.15, 0.2) is 0 Å². The molecular formula is C9H19NO3. The van der Waals surface area contributed by atoms with Crippen LogP contribution in [0, 0.1) is 0 Å². The molecule has 0 amide bonds. The highest BCUT2D eigenvalue weighted by Gasteiger charge is 2.20. The monoisotopic (exact) mass is 189 g/mol. The molecule has 0 heterocycles. The molecule has 0 bridgehead atoms. The van der Waals surface area contributed by atoms with Crippen LogP contribution in [0.2, 0.25) is 0 Å². The van der Waals surface area contributed by atoms with E-state index in [1.54, 1.807) is 6.92 Å². The van der Waals surface area contributed by atoms with Crippen LogP contribution in [-0.4, -0.2) is 36.4 Å². The van der Waals surface area contributed by atoms with Gasteiger partial charge in [-0.3, -0.25) is 10.1 Å². The molecule has 0 saturated carbocycles. The lowest BCUT2D eigenvalue weighted by molar-refractivity contribution is -0.142. The molecule has 1 unspecified atom stereocenters. The first-order valence-electron chi connectivity index (χ1n) is 4.59. The highest BCUT2D eigenvalue weighted by Crippen LogP contribution is 2.06. The van der Waals surface area contributed by atoms with Gasteiger partial charge >= 0.3 is 5.97 Å². The van der Waals surface area contributed by atoms with Gasteiger partial charge in [0.25, 0.3) is 0 Å². The van der Waals surface area contributed by atoms with Crippen LogP contribution < -0.4 is 5.32 Å². The van der Waals surface area contributed by atoms with E-state index in [4.69, 9.17) is 9.84 Å². The van der Waals surface area contributed by atoms with Crippen molar-refractivity contribution in [3.63, 3.8) is 0 Å². The summed E-state index contributed by atoms with van der Waals surface area (Å²) in [4.78, 5) is 11.0. The molecule has 0 radical (unpaired) electrons. The molecule has 0 aliphatic carbocycles. The third-order valence-electron chi connectivity index (χ3n) is 2.09. The first-order valence-corrected chi connectivity index (χ1v) is 4.59. The van der Waals surface area contributed by atoms with Gasteiger partial charge in [-0.2, -0.15) is 0 Å². The quantitative estimate of drug-likeness (QED) is 0.590. The maximum absolute atomic E-state index is 11.0. The van der Waals surface area contributed by atoms with Crippen LogP contribution in [-0.2, 0) is 9.53 Å². The van der Waals surface area contributed by atoms with Crippen molar-refractivity contribution in [3.8, 4) is 0 Å². The zero-order valence-electron chi connectivity index (χ0n) is 8.59. The van der Waals surface area contributed by atoms with Gasteiger partial charge in [0.2, 0.25) is 0 Å². The van der Waals surface area contributed by atoms with E-state index in [0.29, 0.717) is 6.61 Å². The molecule has 1 atom stereocenters. The summed E-state index contributed by atoms with van der Waals surface area (Å²) in [7, 11) is 0. The maximum atomic E-state index is 11.0. The van der Waals surface area contributed by atoms with Gasteiger partial charge in [-0.25, -0.2) is 0 Å². The van der Waals surface area contributed by atoms with Gasteiger partial charge in [0.15, 0.2) is 0 Å². The number of hydrogen-bond acceptors (Lipinski definition) is 4. The smallest absolute Gasteiger partial charge is 0.319 e. The van der Waals surface area contributed by atoms with Gasteiger partial charge < -0.3 is 9.84 Å². The Labute approximate surface area is 79.3 Å². The van der Waals surface area contributed by atoms with Crippen molar-refractivity contribution in [1.29, 1.82) is 0 Å². The molecule has 0 fully saturated rings. The molecule has 4 nitrogen and oxygen atoms in total. The topological polar surface area (TPSA) is 58.6 Å². The second kappa shape index (κ2) is 5.94. The molecular weight excluding hydrogens is 170 g/mol. The summed E-state index contributed by atoms with van der Waals surface area (Å²) in [6.45, 7) is 6.15. The Balaban J connectivity index is 3.78. The number of nitrogens with one attached hydrogen (secondary N) is 1. The Morgan fingerprint density at radius 2 is 2.15 bits per heavy atom. The molecule has 0 aromatic rings. The van der Waals surface area contributed by atoms with E-state index < -0.39 is 0 Å². The summed E-state index contributed by atoms with van der Waals surface area (Å²) in [6.07, 6.45) is 0.767. The molecule has 2 N–H and O–H groups in total. The Morgan fingerprint density at radius 1 is 1.54 bits per heavy atom. The zero-order valence-corrected chi connectivity index (χ0v) is 8.59. The number of ether oxygens (including phenoxy) is 1. The van der Waals surface area contributed by atoms with Crippen molar-refractivity contribution in [3.05, 3.63) is 0 Å². The molecule has 0 rings (SSSR count). The number of aliphatic hydroxyl groups is 1. The molecule has 0 saturated heterocycles. The lowest BCUT2D eigenvalue weighted by Gasteiger charge is -2.26. The van der Waals surface area contributed by atoms with E-state index in [1.807, 2.05) is 13.8 Å². The third kappa shape index (κ3) is 4.85. The minimum absolute atomic E-state index is 0.0168. The van der Waals surface area contributed by atoms with Crippen molar-refractivity contribution in [2.24, 2.45) is 0 Å². The normalized spacial score (nSPS) is 15.1. The first kappa shape index (κ1) is 12.4. The van der Waals surface area contributed by atoms with Crippen molar-refractivity contribution in [2.75, 3.05) is 19.8 Å². The van der Waals surface area contributed by atoms with Gasteiger partial charge in [0.1, 0.15) is 0 Å². The first-order chi connectivity index (χ1) is 6.08. The van der Waals surface area contributed by atoms with Gasteiger partial charge in [0, 0.05) is 5.54 Å². The molecule has 0 spiro atoms. The molecule has 0 aromatic carbocycles. The Morgan fingerprint density at radius 3 is 2.54 bits per heavy atom. The van der Waals surface area contributed by atoms with Crippen LogP contribution in [0.4, 0.5) is 0 Å². The fourth-order valence-electron chi connectivity index (χ4n) is 0.790. The van der Waals surface area contributed by atoms with Gasteiger partial charge in [-0.05, 0) is 20.3 Å². The Hall–Kier alpha value is -0.610. The largest absolute Gasteiger partial charge is 0.465 e. The standard InChI is InChI=1S/C9H19NO3/c1-4-9(3,7-11)10-6-8(12)13-5-2/h10-11H,4-7H2,1-3H3. The summed E-state index contributed by atoms with van der Waals surface area (Å²) in [5, 5.41) is 12.0. The third-order valence-corrected chi connectivity index (χ3v) is 2.09. The van der Waals surface area contributed by atoms with Crippen molar-refractivity contribution in [1.82, 2.24) is 5.32 Å². The SMILES string of the molecule is CCOC(=O)CNC(C)(CC)CO. The molecule has 0 aromatic heterocycles. The van der Waals surface area contributed by atoms with E-state index in [1.165, 1.54) is 0 Å². The van der Waals surface area contributed by atoms with E-state index in [-0.39, 0.29) is 24.7 Å². The molecule has 0 aliphatic rings. The van der Waals surface area contributed by atoms with Gasteiger partial charge in [0.05, 0.1) is 19.8 Å². The predicted octanol–water partition coefficient (Wildman–Crippen LogP) is 0.300. The van der Waals surface area contributed by atoms with Crippen molar-refractivity contribution in [2.45, 2.75) is 32.7 Å². The summed E-state index contributed by atoms with van der Waals surface area (Å²) < 4.78 is 4.74. The maximum Gasteiger partial charge on any atom is 0.319 e. The summed E-state index contributed by atoms with van der Waals surface area (Å²) in [5.41, 5.74) is -0.382. The second-order valence-electron chi connectivity index (χ2n) is 3.23. The van der Waals surface area contributed by atoms with Crippen LogP contribution in [0.25, 0.3) is 0 Å².